The van der Waals surface area contributed by atoms with E-state index >= 15 is 0 Å². The highest BCUT2D eigenvalue weighted by atomic mass is 17.2. The third-order valence-electron chi connectivity index (χ3n) is 2.04. The van der Waals surface area contributed by atoms with E-state index in [4.69, 9.17) is 5.26 Å². The van der Waals surface area contributed by atoms with Gasteiger partial charge in [0.15, 0.2) is 0 Å². The number of rotatable bonds is 1. The molecule has 2 rings (SSSR count). The van der Waals surface area contributed by atoms with Crippen molar-refractivity contribution >= 4 is 6.21 Å². The van der Waals surface area contributed by atoms with Crippen LogP contribution in [-0.2, 0) is 11.4 Å². The van der Waals surface area contributed by atoms with E-state index in [1.54, 1.807) is 6.21 Å². The van der Waals surface area contributed by atoms with Gasteiger partial charge in [-0.3, -0.25) is 0 Å². The van der Waals surface area contributed by atoms with Gasteiger partial charge in [0, 0.05) is 16.7 Å². The molecule has 1 aliphatic heterocycles. The predicted molar refractivity (Wildman–Crippen MR) is 44.2 cm³/mol. The molecule has 1 N–H and O–H groups in total. The van der Waals surface area contributed by atoms with E-state index in [0.29, 0.717) is 6.54 Å². The molecule has 62 valence electrons. The van der Waals surface area contributed by atoms with Gasteiger partial charge >= 0.3 is 0 Å². The molecule has 0 amide bonds. The van der Waals surface area contributed by atoms with Gasteiger partial charge in [0.1, 0.15) is 0 Å². The van der Waals surface area contributed by atoms with Gasteiger partial charge < -0.3 is 0 Å². The van der Waals surface area contributed by atoms with Gasteiger partial charge in [-0.25, -0.2) is 0 Å². The van der Waals surface area contributed by atoms with Crippen molar-refractivity contribution < 1.29 is 15.0 Å². The minimum atomic E-state index is 0.702. The summed E-state index contributed by atoms with van der Waals surface area (Å²) in [5.74, 6) is 0. The maximum atomic E-state index is 8.41. The molecule has 3 nitrogen and oxygen atoms in total. The van der Waals surface area contributed by atoms with E-state index in [-0.39, 0.29) is 0 Å². The van der Waals surface area contributed by atoms with Crippen molar-refractivity contribution in [3.63, 3.8) is 0 Å². The average Bonchev–Trinajstić information content (AvgIpc) is 2.17. The summed E-state index contributed by atoms with van der Waals surface area (Å²) in [5, 5.41) is 8.41. The smallest absolute Gasteiger partial charge is 0.143 e. The second-order valence-electron chi connectivity index (χ2n) is 2.80. The molecule has 0 unspecified atom stereocenters. The highest BCUT2D eigenvalue weighted by molar-refractivity contribution is 5.78. The molecular formula is C9H10NO2+. The van der Waals surface area contributed by atoms with Crippen LogP contribution in [0.15, 0.2) is 24.3 Å². The molecule has 0 atom stereocenters. The number of nitrogens with zero attached hydrogens (tertiary/aromatic N) is 1. The third-order valence-corrected chi connectivity index (χ3v) is 2.04. The first-order valence-corrected chi connectivity index (χ1v) is 3.91. The number of hydrogen-bond donors (Lipinski definition) is 1. The molecule has 0 saturated heterocycles. The Kier molecular flexibility index (Phi) is 1.80. The van der Waals surface area contributed by atoms with E-state index in [9.17, 15) is 0 Å². The number of hydroxylamine groups is 1. The van der Waals surface area contributed by atoms with Crippen molar-refractivity contribution in [1.29, 1.82) is 0 Å². The third kappa shape index (κ3) is 1.19. The molecule has 12 heavy (non-hydrogen) atoms. The molecule has 1 aliphatic rings. The van der Waals surface area contributed by atoms with Gasteiger partial charge in [-0.15, -0.1) is 5.26 Å². The molecule has 0 spiro atoms. The molecule has 1 aromatic carbocycles. The van der Waals surface area contributed by atoms with E-state index < -0.39 is 0 Å². The summed E-state index contributed by atoms with van der Waals surface area (Å²) in [4.78, 5) is 4.13. The van der Waals surface area contributed by atoms with Crippen LogP contribution in [0.5, 0.6) is 0 Å². The summed E-state index contributed by atoms with van der Waals surface area (Å²) in [7, 11) is 0. The minimum absolute atomic E-state index is 0.702. The second-order valence-corrected chi connectivity index (χ2v) is 2.80. The van der Waals surface area contributed by atoms with E-state index in [1.165, 1.54) is 10.3 Å². The van der Waals surface area contributed by atoms with Crippen LogP contribution in [0.25, 0.3) is 0 Å². The maximum Gasteiger partial charge on any atom is 0.227 e. The molecular weight excluding hydrogens is 154 g/mol. The lowest BCUT2D eigenvalue weighted by atomic mass is 10.0. The van der Waals surface area contributed by atoms with Crippen LogP contribution in [0.2, 0.25) is 0 Å². The first kappa shape index (κ1) is 7.31. The molecule has 1 aromatic rings. The first-order chi connectivity index (χ1) is 5.90. The van der Waals surface area contributed by atoms with Crippen molar-refractivity contribution in [2.45, 2.75) is 6.42 Å². The Morgan fingerprint density at radius 3 is 3.00 bits per heavy atom. The molecule has 3 heteroatoms. The standard InChI is InChI=1S/C9H9NO2/c11-12-10-6-5-8-3-1-2-4-9(8)7-10/h1-4,7H,5-6H2/p+1. The lowest BCUT2D eigenvalue weighted by molar-refractivity contribution is -0.867. The van der Waals surface area contributed by atoms with Crippen LogP contribution in [0, 0.1) is 0 Å². The molecule has 0 fully saturated rings. The Morgan fingerprint density at radius 1 is 1.33 bits per heavy atom. The van der Waals surface area contributed by atoms with Crippen molar-refractivity contribution in [3.05, 3.63) is 35.4 Å². The van der Waals surface area contributed by atoms with Crippen LogP contribution in [0.3, 0.4) is 0 Å². The monoisotopic (exact) mass is 164 g/mol. The highest BCUT2D eigenvalue weighted by Gasteiger charge is 2.16. The van der Waals surface area contributed by atoms with Gasteiger partial charge in [0.2, 0.25) is 12.8 Å². The normalized spacial score (nSPS) is 14.9. The summed E-state index contributed by atoms with van der Waals surface area (Å²) >= 11 is 0. The van der Waals surface area contributed by atoms with E-state index in [2.05, 4.69) is 11.1 Å². The Balaban J connectivity index is 2.41. The zero-order valence-electron chi connectivity index (χ0n) is 6.60. The van der Waals surface area contributed by atoms with Crippen LogP contribution < -0.4 is 0 Å². The second kappa shape index (κ2) is 2.95. The lowest BCUT2D eigenvalue weighted by Gasteiger charge is -2.06. The molecule has 0 bridgehead atoms. The predicted octanol–water partition coefficient (Wildman–Crippen LogP) is 1.08. The zero-order chi connectivity index (χ0) is 8.39. The van der Waals surface area contributed by atoms with Gasteiger partial charge in [-0.2, -0.15) is 0 Å². The minimum Gasteiger partial charge on any atom is -0.143 e. The number of hydrogen-bond acceptors (Lipinski definition) is 2. The SMILES string of the molecule is OO[N+]1=Cc2ccccc2CC1. The topological polar surface area (TPSA) is 32.5 Å². The Bertz CT molecular complexity index is 320. The molecule has 0 aliphatic carbocycles. The van der Waals surface area contributed by atoms with Crippen LogP contribution >= 0.6 is 0 Å². The fraction of sp³-hybridized carbons (Fsp3) is 0.222. The Morgan fingerprint density at radius 2 is 2.17 bits per heavy atom. The zero-order valence-corrected chi connectivity index (χ0v) is 6.60. The fourth-order valence-electron chi connectivity index (χ4n) is 1.40. The Hall–Kier alpha value is -1.35. The van der Waals surface area contributed by atoms with Gasteiger partial charge in [-0.1, -0.05) is 23.2 Å². The van der Waals surface area contributed by atoms with Crippen molar-refractivity contribution in [2.75, 3.05) is 6.54 Å². The molecule has 0 radical (unpaired) electrons. The summed E-state index contributed by atoms with van der Waals surface area (Å²) < 4.78 is 1.42. The van der Waals surface area contributed by atoms with Gasteiger partial charge in [-0.05, 0) is 11.6 Å². The van der Waals surface area contributed by atoms with Crippen LogP contribution in [-0.4, -0.2) is 22.8 Å². The Labute approximate surface area is 70.4 Å². The summed E-state index contributed by atoms with van der Waals surface area (Å²) in [6.45, 7) is 0.702. The van der Waals surface area contributed by atoms with Crippen LogP contribution in [0.4, 0.5) is 0 Å². The fourth-order valence-corrected chi connectivity index (χ4v) is 1.40. The summed E-state index contributed by atoms with van der Waals surface area (Å²) in [6.07, 6.45) is 2.70. The first-order valence-electron chi connectivity index (χ1n) is 3.91. The highest BCUT2D eigenvalue weighted by Crippen LogP contribution is 2.10. The lowest BCUT2D eigenvalue weighted by Crippen LogP contribution is -2.21. The van der Waals surface area contributed by atoms with E-state index in [1.807, 2.05) is 18.2 Å². The van der Waals surface area contributed by atoms with Gasteiger partial charge in [0.25, 0.3) is 0 Å². The summed E-state index contributed by atoms with van der Waals surface area (Å²) in [6, 6.07) is 8.07. The molecule has 1 heterocycles. The van der Waals surface area contributed by atoms with Crippen molar-refractivity contribution in [1.82, 2.24) is 0 Å². The van der Waals surface area contributed by atoms with Crippen molar-refractivity contribution in [2.24, 2.45) is 0 Å². The maximum absolute atomic E-state index is 8.41. The van der Waals surface area contributed by atoms with Crippen LogP contribution in [0.1, 0.15) is 11.1 Å². The van der Waals surface area contributed by atoms with E-state index in [0.717, 1.165) is 12.0 Å². The van der Waals surface area contributed by atoms with Gasteiger partial charge in [0.05, 0.1) is 0 Å². The quantitative estimate of drug-likeness (QED) is 0.382. The molecule has 0 aromatic heterocycles. The number of benzene rings is 1. The number of fused-ring (bicyclic) bond motifs is 1. The summed E-state index contributed by atoms with van der Waals surface area (Å²) in [5.41, 5.74) is 2.41. The molecule has 0 saturated carbocycles. The van der Waals surface area contributed by atoms with Crippen molar-refractivity contribution in [3.8, 4) is 0 Å². The largest absolute Gasteiger partial charge is 0.227 e. The average molecular weight is 164 g/mol.